The fraction of sp³-hybridized carbons (Fsp3) is 0.714. The maximum atomic E-state index is 11.3. The van der Waals surface area contributed by atoms with Gasteiger partial charge >= 0.3 is 0 Å². The molecule has 2 rings (SSSR count). The normalized spacial score (nSPS) is 16.8. The number of hydrogen-bond donors (Lipinski definition) is 1. The van der Waals surface area contributed by atoms with Gasteiger partial charge in [-0.15, -0.1) is 0 Å². The molecule has 5 nitrogen and oxygen atoms in total. The second-order valence-corrected chi connectivity index (χ2v) is 5.24. The van der Waals surface area contributed by atoms with Crippen LogP contribution in [0.4, 0.5) is 0 Å². The number of aryl methyl sites for hydroxylation is 1. The van der Waals surface area contributed by atoms with Crippen molar-refractivity contribution in [2.75, 3.05) is 13.1 Å². The molecule has 1 aliphatic heterocycles. The molecule has 1 amide bonds. The molecule has 1 fully saturated rings. The van der Waals surface area contributed by atoms with E-state index in [9.17, 15) is 4.79 Å². The van der Waals surface area contributed by atoms with E-state index in [2.05, 4.69) is 21.8 Å². The van der Waals surface area contributed by atoms with Crippen LogP contribution in [0.2, 0.25) is 0 Å². The predicted octanol–water partition coefficient (Wildman–Crippen LogP) is 1.39. The van der Waals surface area contributed by atoms with Crippen LogP contribution in [0.15, 0.2) is 12.5 Å². The number of nitrogens with zero attached hydrogens (tertiary/aromatic N) is 3. The molecule has 0 aliphatic carbocycles. The standard InChI is InChI=1S/C14H24N4O/c1-3-6-18-11-15-9-14(18)10-16-13-4-7-17(8-5-13)12(2)19/h9,11,13,16H,3-8,10H2,1-2H3. The van der Waals surface area contributed by atoms with E-state index >= 15 is 0 Å². The summed E-state index contributed by atoms with van der Waals surface area (Å²) < 4.78 is 2.21. The van der Waals surface area contributed by atoms with Crippen molar-refractivity contribution in [1.29, 1.82) is 0 Å². The van der Waals surface area contributed by atoms with Gasteiger partial charge in [-0.1, -0.05) is 6.92 Å². The van der Waals surface area contributed by atoms with Crippen molar-refractivity contribution in [3.8, 4) is 0 Å². The van der Waals surface area contributed by atoms with Crippen molar-refractivity contribution in [3.05, 3.63) is 18.2 Å². The lowest BCUT2D eigenvalue weighted by molar-refractivity contribution is -0.129. The molecule has 0 aromatic carbocycles. The molecule has 2 heterocycles. The third kappa shape index (κ3) is 3.80. The van der Waals surface area contributed by atoms with Crippen molar-refractivity contribution in [2.24, 2.45) is 0 Å². The van der Waals surface area contributed by atoms with Gasteiger partial charge in [0.05, 0.1) is 12.0 Å². The quantitative estimate of drug-likeness (QED) is 0.874. The first kappa shape index (κ1) is 14.1. The molecule has 0 radical (unpaired) electrons. The van der Waals surface area contributed by atoms with Crippen LogP contribution in [-0.4, -0.2) is 39.5 Å². The van der Waals surface area contributed by atoms with Crippen LogP contribution in [0.3, 0.4) is 0 Å². The summed E-state index contributed by atoms with van der Waals surface area (Å²) in [7, 11) is 0. The lowest BCUT2D eigenvalue weighted by atomic mass is 10.1. The number of imidazole rings is 1. The zero-order valence-electron chi connectivity index (χ0n) is 11.9. The number of rotatable bonds is 5. The molecule has 0 atom stereocenters. The summed E-state index contributed by atoms with van der Waals surface area (Å²) in [4.78, 5) is 17.4. The van der Waals surface area contributed by atoms with Gasteiger partial charge in [-0.25, -0.2) is 4.98 Å². The Morgan fingerprint density at radius 2 is 2.21 bits per heavy atom. The van der Waals surface area contributed by atoms with E-state index in [1.54, 1.807) is 6.92 Å². The van der Waals surface area contributed by atoms with E-state index in [1.807, 2.05) is 17.4 Å². The van der Waals surface area contributed by atoms with Gasteiger partial charge in [0.15, 0.2) is 0 Å². The minimum absolute atomic E-state index is 0.194. The van der Waals surface area contributed by atoms with Gasteiger partial charge in [-0.3, -0.25) is 4.79 Å². The third-order valence-corrected chi connectivity index (χ3v) is 3.78. The lowest BCUT2D eigenvalue weighted by Crippen LogP contribution is -2.44. The number of nitrogens with one attached hydrogen (secondary N) is 1. The summed E-state index contributed by atoms with van der Waals surface area (Å²) in [5.74, 6) is 0.194. The number of amides is 1. The molecule has 1 aromatic heterocycles. The molecule has 1 saturated heterocycles. The summed E-state index contributed by atoms with van der Waals surface area (Å²) in [6.45, 7) is 7.47. The third-order valence-electron chi connectivity index (χ3n) is 3.78. The number of hydrogen-bond acceptors (Lipinski definition) is 3. The first-order valence-electron chi connectivity index (χ1n) is 7.18. The highest BCUT2D eigenvalue weighted by molar-refractivity contribution is 5.73. The minimum atomic E-state index is 0.194. The van der Waals surface area contributed by atoms with Gasteiger partial charge in [0.1, 0.15) is 0 Å². The summed E-state index contributed by atoms with van der Waals surface area (Å²) >= 11 is 0. The fourth-order valence-corrected chi connectivity index (χ4v) is 2.59. The average molecular weight is 264 g/mol. The zero-order chi connectivity index (χ0) is 13.7. The van der Waals surface area contributed by atoms with E-state index in [1.165, 1.54) is 5.69 Å². The highest BCUT2D eigenvalue weighted by Crippen LogP contribution is 2.11. The molecular weight excluding hydrogens is 240 g/mol. The monoisotopic (exact) mass is 264 g/mol. The number of carbonyl (C=O) groups is 1. The molecular formula is C14H24N4O. The van der Waals surface area contributed by atoms with Crippen molar-refractivity contribution in [1.82, 2.24) is 19.8 Å². The Kier molecular flexibility index (Phi) is 4.96. The van der Waals surface area contributed by atoms with E-state index in [0.29, 0.717) is 6.04 Å². The van der Waals surface area contributed by atoms with Crippen molar-refractivity contribution in [3.63, 3.8) is 0 Å². The highest BCUT2D eigenvalue weighted by atomic mass is 16.2. The van der Waals surface area contributed by atoms with Gasteiger partial charge < -0.3 is 14.8 Å². The molecule has 0 bridgehead atoms. The summed E-state index contributed by atoms with van der Waals surface area (Å²) in [5.41, 5.74) is 1.25. The maximum absolute atomic E-state index is 11.3. The van der Waals surface area contributed by atoms with Crippen LogP contribution in [0.1, 0.15) is 38.8 Å². The molecule has 1 N–H and O–H groups in total. The Morgan fingerprint density at radius 1 is 1.47 bits per heavy atom. The smallest absolute Gasteiger partial charge is 0.219 e. The molecule has 1 aliphatic rings. The Labute approximate surface area is 115 Å². The average Bonchev–Trinajstić information content (AvgIpc) is 2.85. The number of aromatic nitrogens is 2. The van der Waals surface area contributed by atoms with Gasteiger partial charge in [-0.05, 0) is 19.3 Å². The zero-order valence-corrected chi connectivity index (χ0v) is 11.9. The second-order valence-electron chi connectivity index (χ2n) is 5.24. The van der Waals surface area contributed by atoms with Crippen molar-refractivity contribution < 1.29 is 4.79 Å². The topological polar surface area (TPSA) is 50.2 Å². The van der Waals surface area contributed by atoms with Crippen molar-refractivity contribution >= 4 is 5.91 Å². The molecule has 0 spiro atoms. The van der Waals surface area contributed by atoms with Crippen molar-refractivity contribution in [2.45, 2.75) is 52.2 Å². The maximum Gasteiger partial charge on any atom is 0.219 e. The van der Waals surface area contributed by atoms with Gasteiger partial charge in [0, 0.05) is 45.3 Å². The van der Waals surface area contributed by atoms with Crippen LogP contribution < -0.4 is 5.32 Å². The number of carbonyl (C=O) groups excluding carboxylic acids is 1. The number of piperidine rings is 1. The van der Waals surface area contributed by atoms with E-state index < -0.39 is 0 Å². The van der Waals surface area contributed by atoms with Crippen LogP contribution in [0.5, 0.6) is 0 Å². The summed E-state index contributed by atoms with van der Waals surface area (Å²) in [5, 5.41) is 3.58. The largest absolute Gasteiger partial charge is 0.343 e. The van der Waals surface area contributed by atoms with E-state index in [0.717, 1.165) is 45.4 Å². The molecule has 0 unspecified atom stereocenters. The predicted molar refractivity (Wildman–Crippen MR) is 74.6 cm³/mol. The molecule has 0 saturated carbocycles. The molecule has 1 aromatic rings. The first-order chi connectivity index (χ1) is 9.20. The van der Waals surface area contributed by atoms with E-state index in [4.69, 9.17) is 0 Å². The van der Waals surface area contributed by atoms with Gasteiger partial charge in [0.2, 0.25) is 5.91 Å². The van der Waals surface area contributed by atoms with Gasteiger partial charge in [0.25, 0.3) is 0 Å². The van der Waals surface area contributed by atoms with E-state index in [-0.39, 0.29) is 5.91 Å². The molecule has 106 valence electrons. The van der Waals surface area contributed by atoms with Crippen LogP contribution in [-0.2, 0) is 17.9 Å². The lowest BCUT2D eigenvalue weighted by Gasteiger charge is -2.31. The minimum Gasteiger partial charge on any atom is -0.343 e. The Balaban J connectivity index is 1.77. The Bertz CT molecular complexity index is 407. The fourth-order valence-electron chi connectivity index (χ4n) is 2.59. The SMILES string of the molecule is CCCn1cncc1CNC1CCN(C(C)=O)CC1. The first-order valence-corrected chi connectivity index (χ1v) is 7.18. The Morgan fingerprint density at radius 3 is 2.84 bits per heavy atom. The Hall–Kier alpha value is -1.36. The van der Waals surface area contributed by atoms with Gasteiger partial charge in [-0.2, -0.15) is 0 Å². The number of likely N-dealkylation sites (tertiary alicyclic amines) is 1. The summed E-state index contributed by atoms with van der Waals surface area (Å²) in [6.07, 6.45) is 7.05. The summed E-state index contributed by atoms with van der Waals surface area (Å²) in [6, 6.07) is 0.514. The molecule has 5 heteroatoms. The second kappa shape index (κ2) is 6.70. The van der Waals surface area contributed by atoms with Crippen LogP contribution in [0.25, 0.3) is 0 Å². The van der Waals surface area contributed by atoms with Crippen LogP contribution >= 0.6 is 0 Å². The molecule has 19 heavy (non-hydrogen) atoms. The van der Waals surface area contributed by atoms with Crippen LogP contribution in [0, 0.1) is 0 Å². The highest BCUT2D eigenvalue weighted by Gasteiger charge is 2.20.